The maximum absolute atomic E-state index is 12.2. The van der Waals surface area contributed by atoms with Gasteiger partial charge in [-0.1, -0.05) is 18.2 Å². The van der Waals surface area contributed by atoms with E-state index in [0.717, 1.165) is 23.2 Å². The number of nitrogen functional groups attached to an aromatic ring is 2. The van der Waals surface area contributed by atoms with Crippen molar-refractivity contribution in [1.29, 1.82) is 0 Å². The molecule has 8 heteroatoms. The molecule has 6 N–H and O–H groups in total. The lowest BCUT2D eigenvalue weighted by Crippen LogP contribution is -2.25. The normalized spacial score (nSPS) is 10.4. The fraction of sp³-hybridized carbons (Fsp3) is 0.190. The highest BCUT2D eigenvalue weighted by Gasteiger charge is 2.06. The number of anilines is 3. The summed E-state index contributed by atoms with van der Waals surface area (Å²) in [6, 6.07) is 15.1. The molecule has 29 heavy (non-hydrogen) atoms. The maximum Gasteiger partial charge on any atom is 0.251 e. The van der Waals surface area contributed by atoms with Crippen LogP contribution >= 0.6 is 0 Å². The lowest BCUT2D eigenvalue weighted by atomic mass is 10.1. The predicted octanol–water partition coefficient (Wildman–Crippen LogP) is 2.23. The van der Waals surface area contributed by atoms with Crippen molar-refractivity contribution in [1.82, 2.24) is 15.3 Å². The molecule has 3 aromatic rings. The largest absolute Gasteiger partial charge is 0.497 e. The van der Waals surface area contributed by atoms with E-state index < -0.39 is 0 Å². The van der Waals surface area contributed by atoms with Gasteiger partial charge in [-0.15, -0.1) is 0 Å². The number of methoxy groups -OCH3 is 1. The van der Waals surface area contributed by atoms with E-state index in [1.807, 2.05) is 24.3 Å². The summed E-state index contributed by atoms with van der Waals surface area (Å²) in [7, 11) is 1.58. The summed E-state index contributed by atoms with van der Waals surface area (Å²) in [4.78, 5) is 20.1. The number of benzene rings is 2. The molecule has 0 aliphatic rings. The van der Waals surface area contributed by atoms with Crippen molar-refractivity contribution in [2.45, 2.75) is 13.0 Å². The Kier molecular flexibility index (Phi) is 6.47. The van der Waals surface area contributed by atoms with Crippen LogP contribution in [0, 0.1) is 0 Å². The molecule has 8 nitrogen and oxygen atoms in total. The molecule has 0 spiro atoms. The van der Waals surface area contributed by atoms with E-state index in [9.17, 15) is 4.79 Å². The van der Waals surface area contributed by atoms with Crippen LogP contribution in [0.5, 0.6) is 5.75 Å². The van der Waals surface area contributed by atoms with Crippen molar-refractivity contribution in [2.75, 3.05) is 30.4 Å². The number of hydrogen-bond acceptors (Lipinski definition) is 7. The van der Waals surface area contributed by atoms with Gasteiger partial charge in [0.25, 0.3) is 5.91 Å². The number of nitrogens with two attached hydrogens (primary N) is 2. The molecule has 0 fully saturated rings. The van der Waals surface area contributed by atoms with Gasteiger partial charge in [0.05, 0.1) is 7.11 Å². The lowest BCUT2D eigenvalue weighted by Gasteiger charge is -2.10. The lowest BCUT2D eigenvalue weighted by molar-refractivity contribution is 0.0954. The summed E-state index contributed by atoms with van der Waals surface area (Å²) < 4.78 is 5.14. The highest BCUT2D eigenvalue weighted by atomic mass is 16.5. The highest BCUT2D eigenvalue weighted by molar-refractivity contribution is 5.94. The van der Waals surface area contributed by atoms with Gasteiger partial charge in [-0.05, 0) is 42.3 Å². The number of nitrogens with one attached hydrogen (secondary N) is 2. The Morgan fingerprint density at radius 3 is 2.66 bits per heavy atom. The number of ether oxygens (including phenoxy) is 1. The molecule has 2 aromatic carbocycles. The molecule has 1 amide bonds. The van der Waals surface area contributed by atoms with Gasteiger partial charge >= 0.3 is 0 Å². The minimum Gasteiger partial charge on any atom is -0.497 e. The van der Waals surface area contributed by atoms with Gasteiger partial charge in [0.2, 0.25) is 5.95 Å². The summed E-state index contributed by atoms with van der Waals surface area (Å²) in [5.41, 5.74) is 14.8. The first-order valence-corrected chi connectivity index (χ1v) is 9.17. The quantitative estimate of drug-likeness (QED) is 0.463. The van der Waals surface area contributed by atoms with E-state index in [-0.39, 0.29) is 11.9 Å². The molecule has 1 aromatic heterocycles. The molecule has 3 rings (SSSR count). The van der Waals surface area contributed by atoms with Crippen molar-refractivity contribution in [3.05, 3.63) is 71.4 Å². The molecule has 0 bridgehead atoms. The first kappa shape index (κ1) is 19.9. The average molecular weight is 392 g/mol. The first-order valence-electron chi connectivity index (χ1n) is 9.17. The topological polar surface area (TPSA) is 128 Å². The van der Waals surface area contributed by atoms with Crippen LogP contribution in [0.1, 0.15) is 21.5 Å². The van der Waals surface area contributed by atoms with Crippen LogP contribution in [0.3, 0.4) is 0 Å². The third-order valence-corrected chi connectivity index (χ3v) is 4.38. The maximum atomic E-state index is 12.2. The van der Waals surface area contributed by atoms with Gasteiger partial charge in [0.1, 0.15) is 11.6 Å². The summed E-state index contributed by atoms with van der Waals surface area (Å²) in [6.07, 6.45) is 2.35. The molecular weight excluding hydrogens is 368 g/mol. The molecule has 0 saturated carbocycles. The molecule has 0 radical (unpaired) electrons. The Hall–Kier alpha value is -3.81. The molecule has 0 aliphatic carbocycles. The van der Waals surface area contributed by atoms with Crippen molar-refractivity contribution >= 4 is 23.4 Å². The number of rotatable bonds is 8. The number of nitrogens with zero attached hydrogens (tertiary/aromatic N) is 2. The van der Waals surface area contributed by atoms with Crippen molar-refractivity contribution in [3.63, 3.8) is 0 Å². The fourth-order valence-electron chi connectivity index (χ4n) is 2.74. The third kappa shape index (κ3) is 5.58. The van der Waals surface area contributed by atoms with Crippen LogP contribution in [-0.4, -0.2) is 29.5 Å². The van der Waals surface area contributed by atoms with Crippen molar-refractivity contribution in [3.8, 4) is 5.75 Å². The average Bonchev–Trinajstić information content (AvgIpc) is 2.74. The van der Waals surface area contributed by atoms with Crippen LogP contribution in [0.4, 0.5) is 17.5 Å². The second kappa shape index (κ2) is 9.41. The molecule has 1 heterocycles. The second-order valence-electron chi connectivity index (χ2n) is 6.43. The van der Waals surface area contributed by atoms with E-state index >= 15 is 0 Å². The summed E-state index contributed by atoms with van der Waals surface area (Å²) >= 11 is 0. The summed E-state index contributed by atoms with van der Waals surface area (Å²) in [6.45, 7) is 1.05. The molecule has 150 valence electrons. The van der Waals surface area contributed by atoms with Crippen molar-refractivity contribution in [2.24, 2.45) is 0 Å². The SMILES string of the molecule is COc1cccc(C(=O)NCCc2ccc(NCc3cnc(N)nc3N)cc2)c1. The summed E-state index contributed by atoms with van der Waals surface area (Å²) in [5, 5.41) is 6.20. The predicted molar refractivity (Wildman–Crippen MR) is 114 cm³/mol. The van der Waals surface area contributed by atoms with Gasteiger partial charge in [-0.2, -0.15) is 4.98 Å². The fourth-order valence-corrected chi connectivity index (χ4v) is 2.74. The van der Waals surface area contributed by atoms with Gasteiger partial charge in [-0.3, -0.25) is 4.79 Å². The number of hydrogen-bond donors (Lipinski definition) is 4. The minimum absolute atomic E-state index is 0.120. The standard InChI is InChI=1S/C21H24N6O2/c1-29-18-4-2-3-15(11-18)20(28)24-10-9-14-5-7-17(8-6-14)25-12-16-13-26-21(23)27-19(16)22/h2-8,11,13,25H,9-10,12H2,1H3,(H,24,28)(H4,22,23,26,27). The zero-order chi connectivity index (χ0) is 20.6. The smallest absolute Gasteiger partial charge is 0.251 e. The minimum atomic E-state index is -0.120. The van der Waals surface area contributed by atoms with E-state index in [0.29, 0.717) is 30.2 Å². The first-order chi connectivity index (χ1) is 14.0. The Morgan fingerprint density at radius 2 is 1.93 bits per heavy atom. The zero-order valence-electron chi connectivity index (χ0n) is 16.2. The number of aromatic nitrogens is 2. The van der Waals surface area contributed by atoms with Gasteiger partial charge in [-0.25, -0.2) is 4.98 Å². The summed E-state index contributed by atoms with van der Waals surface area (Å²) in [5.74, 6) is 1.07. The molecule has 0 saturated heterocycles. The van der Waals surface area contributed by atoms with Crippen LogP contribution in [0.15, 0.2) is 54.7 Å². The molecular formula is C21H24N6O2. The zero-order valence-corrected chi connectivity index (χ0v) is 16.2. The third-order valence-electron chi connectivity index (χ3n) is 4.38. The monoisotopic (exact) mass is 392 g/mol. The van der Waals surface area contributed by atoms with Crippen LogP contribution in [0.2, 0.25) is 0 Å². The van der Waals surface area contributed by atoms with Crippen LogP contribution < -0.4 is 26.8 Å². The van der Waals surface area contributed by atoms with E-state index in [1.165, 1.54) is 0 Å². The van der Waals surface area contributed by atoms with Crippen LogP contribution in [-0.2, 0) is 13.0 Å². The molecule has 0 atom stereocenters. The number of carbonyl (C=O) groups excluding carboxylic acids is 1. The Morgan fingerprint density at radius 1 is 1.14 bits per heavy atom. The van der Waals surface area contributed by atoms with Gasteiger partial charge < -0.3 is 26.8 Å². The van der Waals surface area contributed by atoms with Crippen LogP contribution in [0.25, 0.3) is 0 Å². The Labute approximate surface area is 169 Å². The van der Waals surface area contributed by atoms with Crippen molar-refractivity contribution < 1.29 is 9.53 Å². The number of carbonyl (C=O) groups is 1. The molecule has 0 unspecified atom stereocenters. The molecule has 0 aliphatic heterocycles. The van der Waals surface area contributed by atoms with E-state index in [4.69, 9.17) is 16.2 Å². The van der Waals surface area contributed by atoms with E-state index in [2.05, 4.69) is 20.6 Å². The van der Waals surface area contributed by atoms with Gasteiger partial charge in [0.15, 0.2) is 0 Å². The Bertz CT molecular complexity index is 975. The van der Waals surface area contributed by atoms with E-state index in [1.54, 1.807) is 37.6 Å². The highest BCUT2D eigenvalue weighted by Crippen LogP contribution is 2.15. The Balaban J connectivity index is 1.47. The van der Waals surface area contributed by atoms with Gasteiger partial charge in [0, 0.05) is 36.1 Å². The second-order valence-corrected chi connectivity index (χ2v) is 6.43. The number of amides is 1.